The number of hydrogen-bond acceptors (Lipinski definition) is 2. The van der Waals surface area contributed by atoms with Crippen molar-refractivity contribution in [3.63, 3.8) is 0 Å². The molecule has 0 aliphatic heterocycles. The van der Waals surface area contributed by atoms with Crippen molar-refractivity contribution >= 4 is 5.69 Å². The lowest BCUT2D eigenvalue weighted by Gasteiger charge is -2.17. The third kappa shape index (κ3) is 3.57. The van der Waals surface area contributed by atoms with Crippen LogP contribution >= 0.6 is 0 Å². The van der Waals surface area contributed by atoms with Crippen LogP contribution in [0.4, 0.5) is 10.1 Å². The molecule has 18 heavy (non-hydrogen) atoms. The Morgan fingerprint density at radius 3 is 2.50 bits per heavy atom. The molecule has 0 heterocycles. The summed E-state index contributed by atoms with van der Waals surface area (Å²) in [6, 6.07) is 16.0. The minimum atomic E-state index is -0.281. The third-order valence-corrected chi connectivity index (χ3v) is 2.74. The van der Waals surface area contributed by atoms with Crippen LogP contribution in [0.15, 0.2) is 54.6 Å². The van der Waals surface area contributed by atoms with Crippen LogP contribution < -0.4 is 5.32 Å². The van der Waals surface area contributed by atoms with Crippen molar-refractivity contribution in [2.75, 3.05) is 11.9 Å². The Kier molecular flexibility index (Phi) is 4.31. The van der Waals surface area contributed by atoms with Gasteiger partial charge in [-0.05, 0) is 30.2 Å². The Morgan fingerprint density at radius 1 is 1.06 bits per heavy atom. The minimum absolute atomic E-state index is 0.00536. The van der Waals surface area contributed by atoms with Gasteiger partial charge in [-0.2, -0.15) is 0 Å². The zero-order valence-electron chi connectivity index (χ0n) is 10.0. The Morgan fingerprint density at radius 2 is 1.83 bits per heavy atom. The zero-order chi connectivity index (χ0) is 12.8. The first kappa shape index (κ1) is 12.6. The molecule has 0 aliphatic rings. The van der Waals surface area contributed by atoms with Gasteiger partial charge in [0, 0.05) is 5.69 Å². The highest BCUT2D eigenvalue weighted by Gasteiger charge is 2.08. The molecular weight excluding hydrogens is 229 g/mol. The summed E-state index contributed by atoms with van der Waals surface area (Å²) in [7, 11) is 0. The van der Waals surface area contributed by atoms with E-state index in [1.165, 1.54) is 12.1 Å². The van der Waals surface area contributed by atoms with E-state index in [0.29, 0.717) is 12.1 Å². The van der Waals surface area contributed by atoms with Gasteiger partial charge < -0.3 is 10.4 Å². The van der Waals surface area contributed by atoms with Gasteiger partial charge >= 0.3 is 0 Å². The first-order valence-corrected chi connectivity index (χ1v) is 5.95. The third-order valence-electron chi connectivity index (χ3n) is 2.74. The molecular formula is C15H16FNO. The van der Waals surface area contributed by atoms with E-state index >= 15 is 0 Å². The average Bonchev–Trinajstić information content (AvgIpc) is 2.39. The van der Waals surface area contributed by atoms with Crippen LogP contribution in [0.5, 0.6) is 0 Å². The SMILES string of the molecule is OCC(Cc1ccccc1)Nc1cccc(F)c1. The summed E-state index contributed by atoms with van der Waals surface area (Å²) in [4.78, 5) is 0. The summed E-state index contributed by atoms with van der Waals surface area (Å²) < 4.78 is 13.0. The quantitative estimate of drug-likeness (QED) is 0.849. The van der Waals surface area contributed by atoms with Gasteiger partial charge in [-0.25, -0.2) is 4.39 Å². The molecule has 0 radical (unpaired) electrons. The average molecular weight is 245 g/mol. The van der Waals surface area contributed by atoms with Crippen LogP contribution in [-0.2, 0) is 6.42 Å². The Hall–Kier alpha value is -1.87. The lowest BCUT2D eigenvalue weighted by Crippen LogP contribution is -2.26. The highest BCUT2D eigenvalue weighted by Crippen LogP contribution is 2.12. The molecule has 2 aromatic rings. The second kappa shape index (κ2) is 6.17. The molecule has 0 aromatic heterocycles. The van der Waals surface area contributed by atoms with Crippen LogP contribution in [0.3, 0.4) is 0 Å². The maximum absolute atomic E-state index is 13.0. The summed E-state index contributed by atoms with van der Waals surface area (Å²) in [5.74, 6) is -0.281. The summed E-state index contributed by atoms with van der Waals surface area (Å²) in [5.41, 5.74) is 1.82. The molecule has 0 amide bonds. The Balaban J connectivity index is 2.01. The normalized spacial score (nSPS) is 12.1. The van der Waals surface area contributed by atoms with Gasteiger partial charge in [-0.3, -0.25) is 0 Å². The van der Waals surface area contributed by atoms with Gasteiger partial charge in [0.15, 0.2) is 0 Å². The summed E-state index contributed by atoms with van der Waals surface area (Å²) in [5, 5.41) is 12.5. The van der Waals surface area contributed by atoms with Crippen molar-refractivity contribution in [3.8, 4) is 0 Å². The van der Waals surface area contributed by atoms with E-state index < -0.39 is 0 Å². The number of aliphatic hydroxyl groups is 1. The molecule has 0 saturated carbocycles. The van der Waals surface area contributed by atoms with Gasteiger partial charge in [-0.15, -0.1) is 0 Å². The van der Waals surface area contributed by atoms with E-state index in [4.69, 9.17) is 0 Å². The zero-order valence-corrected chi connectivity index (χ0v) is 10.0. The molecule has 0 saturated heterocycles. The van der Waals surface area contributed by atoms with Crippen molar-refractivity contribution in [2.24, 2.45) is 0 Å². The van der Waals surface area contributed by atoms with Gasteiger partial charge in [0.2, 0.25) is 0 Å². The predicted molar refractivity (Wildman–Crippen MR) is 71.0 cm³/mol. The van der Waals surface area contributed by atoms with E-state index in [1.54, 1.807) is 12.1 Å². The van der Waals surface area contributed by atoms with Crippen LogP contribution in [0.25, 0.3) is 0 Å². The summed E-state index contributed by atoms with van der Waals surface area (Å²) in [6.07, 6.45) is 0.702. The van der Waals surface area contributed by atoms with E-state index in [2.05, 4.69) is 5.32 Å². The number of anilines is 1. The maximum Gasteiger partial charge on any atom is 0.125 e. The smallest absolute Gasteiger partial charge is 0.125 e. The fourth-order valence-electron chi connectivity index (χ4n) is 1.87. The van der Waals surface area contributed by atoms with Gasteiger partial charge in [0.25, 0.3) is 0 Å². The number of aliphatic hydroxyl groups excluding tert-OH is 1. The molecule has 0 spiro atoms. The van der Waals surface area contributed by atoms with Crippen LogP contribution in [0.1, 0.15) is 5.56 Å². The van der Waals surface area contributed by atoms with Crippen molar-refractivity contribution in [3.05, 3.63) is 66.0 Å². The topological polar surface area (TPSA) is 32.3 Å². The fraction of sp³-hybridized carbons (Fsp3) is 0.200. The second-order valence-corrected chi connectivity index (χ2v) is 4.22. The number of hydrogen-bond donors (Lipinski definition) is 2. The number of nitrogens with one attached hydrogen (secondary N) is 1. The van der Waals surface area contributed by atoms with Gasteiger partial charge in [0.1, 0.15) is 5.82 Å². The molecule has 2 N–H and O–H groups in total. The molecule has 0 fully saturated rings. The van der Waals surface area contributed by atoms with Crippen LogP contribution in [-0.4, -0.2) is 17.8 Å². The van der Waals surface area contributed by atoms with E-state index in [9.17, 15) is 9.50 Å². The maximum atomic E-state index is 13.0. The van der Waals surface area contributed by atoms with Crippen LogP contribution in [0.2, 0.25) is 0 Å². The monoisotopic (exact) mass is 245 g/mol. The van der Waals surface area contributed by atoms with E-state index in [0.717, 1.165) is 5.56 Å². The van der Waals surface area contributed by atoms with Crippen LogP contribution in [0, 0.1) is 5.82 Å². The minimum Gasteiger partial charge on any atom is -0.394 e. The predicted octanol–water partition coefficient (Wildman–Crippen LogP) is 2.84. The molecule has 1 atom stereocenters. The Bertz CT molecular complexity index is 487. The van der Waals surface area contributed by atoms with Gasteiger partial charge in [-0.1, -0.05) is 36.4 Å². The van der Waals surface area contributed by atoms with Crippen molar-refractivity contribution in [2.45, 2.75) is 12.5 Å². The lowest BCUT2D eigenvalue weighted by atomic mass is 10.1. The second-order valence-electron chi connectivity index (χ2n) is 4.22. The lowest BCUT2D eigenvalue weighted by molar-refractivity contribution is 0.273. The van der Waals surface area contributed by atoms with Crippen molar-refractivity contribution < 1.29 is 9.50 Å². The number of rotatable bonds is 5. The largest absolute Gasteiger partial charge is 0.394 e. The first-order valence-electron chi connectivity index (χ1n) is 5.95. The molecule has 94 valence electrons. The molecule has 0 bridgehead atoms. The molecule has 2 aromatic carbocycles. The highest BCUT2D eigenvalue weighted by atomic mass is 19.1. The van der Waals surface area contributed by atoms with E-state index in [-0.39, 0.29) is 18.5 Å². The molecule has 1 unspecified atom stereocenters. The summed E-state index contributed by atoms with van der Waals surface area (Å²) in [6.45, 7) is 0.00536. The fourth-order valence-corrected chi connectivity index (χ4v) is 1.87. The number of benzene rings is 2. The Labute approximate surface area is 106 Å². The highest BCUT2D eigenvalue weighted by molar-refractivity contribution is 5.44. The first-order chi connectivity index (χ1) is 8.78. The molecule has 3 heteroatoms. The molecule has 0 aliphatic carbocycles. The standard InChI is InChI=1S/C15H16FNO/c16-13-7-4-8-14(10-13)17-15(11-18)9-12-5-2-1-3-6-12/h1-8,10,15,17-18H,9,11H2. The number of halogens is 1. The molecule has 2 rings (SSSR count). The van der Waals surface area contributed by atoms with Crippen molar-refractivity contribution in [1.82, 2.24) is 0 Å². The molecule has 2 nitrogen and oxygen atoms in total. The van der Waals surface area contributed by atoms with E-state index in [1.807, 2.05) is 30.3 Å². The van der Waals surface area contributed by atoms with Crippen molar-refractivity contribution in [1.29, 1.82) is 0 Å². The summed E-state index contributed by atoms with van der Waals surface area (Å²) >= 11 is 0. The van der Waals surface area contributed by atoms with Gasteiger partial charge in [0.05, 0.1) is 12.6 Å².